The van der Waals surface area contributed by atoms with Crippen LogP contribution in [0.5, 0.6) is 0 Å². The molecule has 4 nitrogen and oxygen atoms in total. The topological polar surface area (TPSA) is 26.0 Å². The number of aromatic nitrogens is 3. The largest absolute Gasteiger partial charge is 0.300 e. The Balaban J connectivity index is 1.75. The third-order valence-corrected chi connectivity index (χ3v) is 5.28. The molecule has 0 spiro atoms. The normalized spacial score (nSPS) is 14.7. The van der Waals surface area contributed by atoms with E-state index in [9.17, 15) is 0 Å². The maximum absolute atomic E-state index is 5.98. The molecule has 0 radical (unpaired) electrons. The molecule has 0 saturated heterocycles. The van der Waals surface area contributed by atoms with Gasteiger partial charge >= 0.3 is 0 Å². The molecule has 1 saturated carbocycles. The van der Waals surface area contributed by atoms with Gasteiger partial charge in [-0.2, -0.15) is 5.10 Å². The highest BCUT2D eigenvalue weighted by atomic mass is 35.5. The van der Waals surface area contributed by atoms with Crippen LogP contribution < -0.4 is 0 Å². The van der Waals surface area contributed by atoms with E-state index in [1.54, 1.807) is 11.3 Å². The lowest BCUT2D eigenvalue weighted by Gasteiger charge is -2.15. The fraction of sp³-hybridized carbons (Fsp3) is 0.467. The second-order valence-corrected chi connectivity index (χ2v) is 7.84. The first-order valence-electron chi connectivity index (χ1n) is 7.29. The van der Waals surface area contributed by atoms with Crippen molar-refractivity contribution in [3.8, 4) is 0 Å². The molecule has 22 heavy (non-hydrogen) atoms. The van der Waals surface area contributed by atoms with Crippen LogP contribution in [0, 0.1) is 4.77 Å². The third-order valence-electron chi connectivity index (χ3n) is 3.64. The summed E-state index contributed by atoms with van der Waals surface area (Å²) in [6, 6.07) is 4.00. The van der Waals surface area contributed by atoms with Gasteiger partial charge in [-0.05, 0) is 44.2 Å². The number of hydrogen-bond acceptors (Lipinski definition) is 4. The van der Waals surface area contributed by atoms with Gasteiger partial charge in [-0.25, -0.2) is 4.68 Å². The molecule has 0 bridgehead atoms. The van der Waals surface area contributed by atoms with E-state index in [0.717, 1.165) is 28.0 Å². The summed E-state index contributed by atoms with van der Waals surface area (Å²) >= 11 is 13.2. The van der Waals surface area contributed by atoms with Crippen molar-refractivity contribution >= 4 is 35.2 Å². The van der Waals surface area contributed by atoms with E-state index < -0.39 is 0 Å². The summed E-state index contributed by atoms with van der Waals surface area (Å²) < 4.78 is 5.63. The van der Waals surface area contributed by atoms with Crippen molar-refractivity contribution in [3.05, 3.63) is 44.6 Å². The Morgan fingerprint density at radius 3 is 2.91 bits per heavy atom. The van der Waals surface area contributed by atoms with E-state index in [4.69, 9.17) is 28.9 Å². The maximum atomic E-state index is 5.98. The van der Waals surface area contributed by atoms with Crippen molar-refractivity contribution in [2.75, 3.05) is 7.05 Å². The van der Waals surface area contributed by atoms with Crippen molar-refractivity contribution in [1.29, 1.82) is 0 Å². The van der Waals surface area contributed by atoms with Crippen LogP contribution in [0.4, 0.5) is 0 Å². The first-order valence-corrected chi connectivity index (χ1v) is 8.90. The maximum Gasteiger partial charge on any atom is 0.199 e. The van der Waals surface area contributed by atoms with Gasteiger partial charge in [0.15, 0.2) is 4.77 Å². The summed E-state index contributed by atoms with van der Waals surface area (Å²) in [5.74, 6) is 1.68. The number of thiophene rings is 1. The molecule has 0 aromatic carbocycles. The molecule has 2 aromatic rings. The molecule has 118 valence electrons. The summed E-state index contributed by atoms with van der Waals surface area (Å²) in [5, 5.41) is 4.74. The molecule has 7 heteroatoms. The average Bonchev–Trinajstić information content (AvgIpc) is 3.18. The van der Waals surface area contributed by atoms with E-state index in [-0.39, 0.29) is 0 Å². The van der Waals surface area contributed by atoms with Crippen LogP contribution in [0.25, 0.3) is 0 Å². The lowest BCUT2D eigenvalue weighted by molar-refractivity contribution is 0.245. The zero-order valence-corrected chi connectivity index (χ0v) is 14.9. The van der Waals surface area contributed by atoms with E-state index in [0.29, 0.717) is 12.6 Å². The number of rotatable bonds is 7. The predicted molar refractivity (Wildman–Crippen MR) is 94.0 cm³/mol. The third kappa shape index (κ3) is 3.51. The SMILES string of the molecule is C=CCn1c(C2CC2)nn(CN(C)Cc2ccc(Cl)s2)c1=S. The lowest BCUT2D eigenvalue weighted by atomic mass is 10.4. The van der Waals surface area contributed by atoms with Crippen molar-refractivity contribution < 1.29 is 0 Å². The van der Waals surface area contributed by atoms with Crippen LogP contribution in [0.3, 0.4) is 0 Å². The molecule has 0 unspecified atom stereocenters. The van der Waals surface area contributed by atoms with Crippen molar-refractivity contribution in [2.24, 2.45) is 0 Å². The van der Waals surface area contributed by atoms with Gasteiger partial charge in [0.05, 0.1) is 11.0 Å². The molecule has 0 atom stereocenters. The highest BCUT2D eigenvalue weighted by Gasteiger charge is 2.29. The fourth-order valence-corrected chi connectivity index (χ4v) is 3.91. The zero-order valence-electron chi connectivity index (χ0n) is 12.5. The van der Waals surface area contributed by atoms with Crippen LogP contribution >= 0.6 is 35.2 Å². The monoisotopic (exact) mass is 354 g/mol. The number of halogens is 1. The summed E-state index contributed by atoms with van der Waals surface area (Å²) in [4.78, 5) is 3.44. The molecule has 1 aliphatic rings. The second kappa shape index (κ2) is 6.66. The minimum atomic E-state index is 0.573. The number of allylic oxidation sites excluding steroid dienone is 1. The van der Waals surface area contributed by atoms with Gasteiger partial charge in [0.25, 0.3) is 0 Å². The lowest BCUT2D eigenvalue weighted by Crippen LogP contribution is -2.22. The summed E-state index contributed by atoms with van der Waals surface area (Å²) in [6.07, 6.45) is 4.31. The van der Waals surface area contributed by atoms with Crippen LogP contribution in [0.2, 0.25) is 4.34 Å². The first-order chi connectivity index (χ1) is 10.6. The van der Waals surface area contributed by atoms with Crippen molar-refractivity contribution in [2.45, 2.75) is 38.5 Å². The Labute approximate surface area is 144 Å². The predicted octanol–water partition coefficient (Wildman–Crippen LogP) is 4.28. The quantitative estimate of drug-likeness (QED) is 0.548. The standard InChI is InChI=1S/C15H19ClN4S2/c1-3-8-19-14(11-4-5-11)17-20(15(19)21)10-18(2)9-12-6-7-13(16)22-12/h3,6-7,11H,1,4-5,8-10H2,2H3. The molecule has 2 aromatic heterocycles. The van der Waals surface area contributed by atoms with Crippen molar-refractivity contribution in [1.82, 2.24) is 19.2 Å². The van der Waals surface area contributed by atoms with Gasteiger partial charge in [-0.15, -0.1) is 17.9 Å². The number of nitrogens with zero attached hydrogens (tertiary/aromatic N) is 4. The van der Waals surface area contributed by atoms with Crippen LogP contribution in [-0.4, -0.2) is 26.3 Å². The smallest absolute Gasteiger partial charge is 0.199 e. The Hall–Kier alpha value is -0.950. The summed E-state index contributed by atoms with van der Waals surface area (Å²) in [7, 11) is 2.07. The minimum Gasteiger partial charge on any atom is -0.300 e. The molecule has 3 rings (SSSR count). The van der Waals surface area contributed by atoms with Crippen LogP contribution in [0.1, 0.15) is 29.5 Å². The van der Waals surface area contributed by atoms with Crippen LogP contribution in [0.15, 0.2) is 24.8 Å². The van der Waals surface area contributed by atoms with Gasteiger partial charge < -0.3 is 0 Å². The van der Waals surface area contributed by atoms with Crippen LogP contribution in [-0.2, 0) is 19.8 Å². The molecule has 2 heterocycles. The van der Waals surface area contributed by atoms with Crippen molar-refractivity contribution in [3.63, 3.8) is 0 Å². The zero-order chi connectivity index (χ0) is 15.7. The van der Waals surface area contributed by atoms with Gasteiger partial charge in [-0.1, -0.05) is 17.7 Å². The first kappa shape index (κ1) is 15.9. The van der Waals surface area contributed by atoms with Gasteiger partial charge in [0, 0.05) is 23.9 Å². The Bertz CT molecular complexity index is 726. The fourth-order valence-electron chi connectivity index (χ4n) is 2.48. The Morgan fingerprint density at radius 1 is 1.55 bits per heavy atom. The van der Waals surface area contributed by atoms with E-state index in [2.05, 4.69) is 29.2 Å². The number of hydrogen-bond donors (Lipinski definition) is 0. The molecule has 0 N–H and O–H groups in total. The molecular formula is C15H19ClN4S2. The summed E-state index contributed by atoms with van der Waals surface area (Å²) in [6.45, 7) is 6.07. The molecule has 1 aliphatic carbocycles. The van der Waals surface area contributed by atoms with Gasteiger partial charge in [-0.3, -0.25) is 9.47 Å². The molecule has 1 fully saturated rings. The molecule has 0 aliphatic heterocycles. The molecule has 0 amide bonds. The van der Waals surface area contributed by atoms with E-state index >= 15 is 0 Å². The molecular weight excluding hydrogens is 336 g/mol. The van der Waals surface area contributed by atoms with Gasteiger partial charge in [0.1, 0.15) is 5.82 Å². The Kier molecular flexibility index (Phi) is 4.82. The highest BCUT2D eigenvalue weighted by Crippen LogP contribution is 2.39. The van der Waals surface area contributed by atoms with E-state index in [1.165, 1.54) is 17.7 Å². The average molecular weight is 355 g/mol. The minimum absolute atomic E-state index is 0.573. The summed E-state index contributed by atoms with van der Waals surface area (Å²) in [5.41, 5.74) is 0. The van der Waals surface area contributed by atoms with E-state index in [1.807, 2.05) is 16.8 Å². The van der Waals surface area contributed by atoms with Gasteiger partial charge in [0.2, 0.25) is 0 Å². The Morgan fingerprint density at radius 2 is 2.32 bits per heavy atom. The highest BCUT2D eigenvalue weighted by molar-refractivity contribution is 7.71. The second-order valence-electron chi connectivity index (χ2n) is 5.68.